The highest BCUT2D eigenvalue weighted by Crippen LogP contribution is 2.30. The van der Waals surface area contributed by atoms with Gasteiger partial charge in [-0.1, -0.05) is 12.1 Å². The van der Waals surface area contributed by atoms with Crippen molar-refractivity contribution in [2.24, 2.45) is 5.92 Å². The number of aryl methyl sites for hydroxylation is 2. The van der Waals surface area contributed by atoms with Gasteiger partial charge in [0.25, 0.3) is 5.91 Å². The first-order valence-corrected chi connectivity index (χ1v) is 10.6. The number of urea groups is 1. The molecule has 0 aliphatic carbocycles. The van der Waals surface area contributed by atoms with Gasteiger partial charge in [0, 0.05) is 24.7 Å². The fraction of sp³-hybridized carbons (Fsp3) is 0.500. The number of fused-ring (bicyclic) bond motifs is 1. The van der Waals surface area contributed by atoms with Gasteiger partial charge in [-0.25, -0.2) is 4.79 Å². The smallest absolute Gasteiger partial charge is 0.323 e. The molecule has 0 spiro atoms. The summed E-state index contributed by atoms with van der Waals surface area (Å²) in [5.74, 6) is 0.727. The molecule has 0 saturated heterocycles. The first-order chi connectivity index (χ1) is 15.2. The van der Waals surface area contributed by atoms with Crippen LogP contribution in [-0.4, -0.2) is 66.0 Å². The predicted octanol–water partition coefficient (Wildman–Crippen LogP) is 2.37. The number of nitrogens with zero attached hydrogens (tertiary/aromatic N) is 2. The second kappa shape index (κ2) is 10.0. The van der Waals surface area contributed by atoms with E-state index in [4.69, 9.17) is 9.26 Å². The monoisotopic (exact) mass is 445 g/mol. The van der Waals surface area contributed by atoms with E-state index in [1.807, 2.05) is 14.0 Å². The highest BCUT2D eigenvalue weighted by atomic mass is 16.5. The summed E-state index contributed by atoms with van der Waals surface area (Å²) in [6.07, 6.45) is -0.165. The Hall–Kier alpha value is -3.11. The third kappa shape index (κ3) is 5.03. The summed E-state index contributed by atoms with van der Waals surface area (Å²) < 4.78 is 11.2. The molecule has 4 N–H and O–H groups in total. The van der Waals surface area contributed by atoms with Crippen LogP contribution in [-0.2, 0) is 0 Å². The van der Waals surface area contributed by atoms with Crippen molar-refractivity contribution < 1.29 is 24.0 Å². The Morgan fingerprint density at radius 1 is 1.34 bits per heavy atom. The zero-order valence-electron chi connectivity index (χ0n) is 19.1. The molecular formula is C22H31N5O5. The maximum absolute atomic E-state index is 13.4. The van der Waals surface area contributed by atoms with E-state index in [1.54, 1.807) is 43.9 Å². The number of rotatable bonds is 6. The lowest BCUT2D eigenvalue weighted by molar-refractivity contribution is 0.0416. The molecule has 2 aromatic rings. The molecule has 1 aliphatic rings. The summed E-state index contributed by atoms with van der Waals surface area (Å²) >= 11 is 0. The maximum atomic E-state index is 13.4. The first kappa shape index (κ1) is 23.6. The highest BCUT2D eigenvalue weighted by Gasteiger charge is 2.32. The van der Waals surface area contributed by atoms with Gasteiger partial charge in [0.2, 0.25) is 0 Å². The Labute approximate surface area is 187 Å². The van der Waals surface area contributed by atoms with E-state index in [9.17, 15) is 14.7 Å². The maximum Gasteiger partial charge on any atom is 0.323 e. The normalized spacial score (nSPS) is 19.4. The number of anilines is 2. The molecule has 0 radical (unpaired) electrons. The van der Waals surface area contributed by atoms with Crippen LogP contribution in [0.4, 0.5) is 16.2 Å². The predicted molar refractivity (Wildman–Crippen MR) is 120 cm³/mol. The van der Waals surface area contributed by atoms with E-state index in [2.05, 4.69) is 21.1 Å². The summed E-state index contributed by atoms with van der Waals surface area (Å²) in [5, 5.41) is 22.1. The minimum absolute atomic E-state index is 0.0483. The molecule has 3 rings (SSSR count). The van der Waals surface area contributed by atoms with Gasteiger partial charge in [0.1, 0.15) is 23.2 Å². The van der Waals surface area contributed by atoms with Crippen LogP contribution in [0.5, 0.6) is 5.75 Å². The molecule has 3 amide bonds. The Bertz CT molecular complexity index is 956. The van der Waals surface area contributed by atoms with Crippen molar-refractivity contribution in [3.05, 3.63) is 35.2 Å². The molecule has 0 fully saturated rings. The summed E-state index contributed by atoms with van der Waals surface area (Å²) in [7, 11) is 1.85. The van der Waals surface area contributed by atoms with Crippen molar-refractivity contribution in [3.8, 4) is 5.75 Å². The minimum Gasteiger partial charge on any atom is -0.488 e. The van der Waals surface area contributed by atoms with Crippen molar-refractivity contribution in [1.82, 2.24) is 15.4 Å². The summed E-state index contributed by atoms with van der Waals surface area (Å²) in [6, 6.07) is 4.11. The number of likely N-dealkylation sites (N-methyl/N-ethyl adjacent to an activating group) is 1. The Kier molecular flexibility index (Phi) is 7.37. The van der Waals surface area contributed by atoms with E-state index in [1.165, 1.54) is 0 Å². The molecule has 0 unspecified atom stereocenters. The molecule has 1 aromatic carbocycles. The quantitative estimate of drug-likeness (QED) is 0.537. The van der Waals surface area contributed by atoms with E-state index < -0.39 is 6.03 Å². The van der Waals surface area contributed by atoms with Gasteiger partial charge >= 0.3 is 6.03 Å². The molecule has 3 atom stereocenters. The number of aliphatic hydroxyl groups excluding tert-OH is 1. The van der Waals surface area contributed by atoms with Crippen LogP contribution in [0.15, 0.2) is 22.7 Å². The third-order valence-electron chi connectivity index (χ3n) is 5.60. The largest absolute Gasteiger partial charge is 0.488 e. The molecule has 10 nitrogen and oxygen atoms in total. The summed E-state index contributed by atoms with van der Waals surface area (Å²) in [4.78, 5) is 27.5. The molecule has 10 heteroatoms. The van der Waals surface area contributed by atoms with E-state index in [0.29, 0.717) is 47.2 Å². The number of nitrogens with one attached hydrogen (secondary N) is 3. The SMILES string of the molecule is CNC[C@@H]1Oc2ccc(NC(=O)Nc3c(C)noc3C)cc2C(=O)N([C@H](C)CO)C[C@H]1C. The number of benzene rings is 1. The standard InChI is InChI=1S/C22H31N5O5/c1-12-10-27(13(2)11-28)21(29)17-8-16(6-7-18(17)31-19(12)9-23-5)24-22(30)25-20-14(3)26-32-15(20)4/h6-8,12-13,19,23,28H,9-11H2,1-5H3,(H2,24,25,30)/t12-,13-,19+/m1/s1. The van der Waals surface area contributed by atoms with Crippen molar-refractivity contribution in [3.63, 3.8) is 0 Å². The number of carbonyl (C=O) groups excluding carboxylic acids is 2. The van der Waals surface area contributed by atoms with Crippen molar-refractivity contribution >= 4 is 23.3 Å². The van der Waals surface area contributed by atoms with E-state index in [-0.39, 0.29) is 30.6 Å². The molecule has 32 heavy (non-hydrogen) atoms. The number of amides is 3. The summed E-state index contributed by atoms with van der Waals surface area (Å²) in [6.45, 7) is 8.16. The van der Waals surface area contributed by atoms with Gasteiger partial charge in [-0.05, 0) is 46.0 Å². The lowest BCUT2D eigenvalue weighted by atomic mass is 9.99. The van der Waals surface area contributed by atoms with Crippen LogP contribution >= 0.6 is 0 Å². The van der Waals surface area contributed by atoms with Gasteiger partial charge in [-0.15, -0.1) is 0 Å². The molecule has 1 aromatic heterocycles. The van der Waals surface area contributed by atoms with Crippen LogP contribution in [0, 0.1) is 19.8 Å². The Balaban J connectivity index is 1.89. The van der Waals surface area contributed by atoms with Crippen LogP contribution < -0.4 is 20.7 Å². The average Bonchev–Trinajstić information content (AvgIpc) is 3.08. The Morgan fingerprint density at radius 2 is 2.09 bits per heavy atom. The van der Waals surface area contributed by atoms with Crippen LogP contribution in [0.3, 0.4) is 0 Å². The van der Waals surface area contributed by atoms with Crippen LogP contribution in [0.2, 0.25) is 0 Å². The van der Waals surface area contributed by atoms with Crippen LogP contribution in [0.25, 0.3) is 0 Å². The fourth-order valence-electron chi connectivity index (χ4n) is 3.68. The number of carbonyl (C=O) groups is 2. The molecule has 1 aliphatic heterocycles. The number of ether oxygens (including phenoxy) is 1. The zero-order valence-corrected chi connectivity index (χ0v) is 19.1. The summed E-state index contributed by atoms with van der Waals surface area (Å²) in [5.41, 5.74) is 1.83. The van der Waals surface area contributed by atoms with Gasteiger partial charge in [0.15, 0.2) is 5.76 Å². The molecule has 2 heterocycles. The van der Waals surface area contributed by atoms with Crippen molar-refractivity contribution in [2.75, 3.05) is 37.4 Å². The second-order valence-electron chi connectivity index (χ2n) is 8.17. The topological polar surface area (TPSA) is 129 Å². The molecule has 0 saturated carbocycles. The lowest BCUT2D eigenvalue weighted by Gasteiger charge is -2.37. The molecule has 0 bridgehead atoms. The van der Waals surface area contributed by atoms with E-state index in [0.717, 1.165) is 0 Å². The number of aromatic nitrogens is 1. The van der Waals surface area contributed by atoms with Gasteiger partial charge in [-0.3, -0.25) is 4.79 Å². The zero-order chi connectivity index (χ0) is 23.4. The minimum atomic E-state index is -0.485. The second-order valence-corrected chi connectivity index (χ2v) is 8.17. The van der Waals surface area contributed by atoms with E-state index >= 15 is 0 Å². The number of hydrogen-bond donors (Lipinski definition) is 4. The van der Waals surface area contributed by atoms with Gasteiger partial charge < -0.3 is 35.2 Å². The lowest BCUT2D eigenvalue weighted by Crippen LogP contribution is -2.49. The van der Waals surface area contributed by atoms with Crippen molar-refractivity contribution in [1.29, 1.82) is 0 Å². The first-order valence-electron chi connectivity index (χ1n) is 10.6. The average molecular weight is 446 g/mol. The third-order valence-corrected chi connectivity index (χ3v) is 5.60. The molecular weight excluding hydrogens is 414 g/mol. The van der Waals surface area contributed by atoms with Crippen molar-refractivity contribution in [2.45, 2.75) is 39.8 Å². The number of aliphatic hydroxyl groups is 1. The van der Waals surface area contributed by atoms with Gasteiger partial charge in [-0.2, -0.15) is 0 Å². The molecule has 174 valence electrons. The highest BCUT2D eigenvalue weighted by molar-refractivity contribution is 6.03. The number of hydrogen-bond acceptors (Lipinski definition) is 7. The fourth-order valence-corrected chi connectivity index (χ4v) is 3.68. The Morgan fingerprint density at radius 3 is 2.72 bits per heavy atom. The van der Waals surface area contributed by atoms with Gasteiger partial charge in [0.05, 0.1) is 18.2 Å². The van der Waals surface area contributed by atoms with Crippen LogP contribution in [0.1, 0.15) is 35.7 Å².